The van der Waals surface area contributed by atoms with Gasteiger partial charge in [0.2, 0.25) is 5.91 Å². The van der Waals surface area contributed by atoms with Crippen LogP contribution in [-0.2, 0) is 15.8 Å². The maximum atomic E-state index is 13.6. The molecule has 2 aliphatic rings. The van der Waals surface area contributed by atoms with E-state index in [1.165, 1.54) is 24.5 Å². The molecule has 0 radical (unpaired) electrons. The number of halogens is 3. The van der Waals surface area contributed by atoms with E-state index in [1.807, 2.05) is 0 Å². The molecule has 0 bridgehead atoms. The Labute approximate surface area is 198 Å². The second kappa shape index (κ2) is 9.43. The number of benzene rings is 1. The zero-order valence-electron chi connectivity index (χ0n) is 18.5. The normalized spacial score (nSPS) is 17.4. The number of nitrogens with one attached hydrogen (secondary N) is 3. The van der Waals surface area contributed by atoms with Crippen molar-refractivity contribution in [3.63, 3.8) is 0 Å². The molecule has 2 heterocycles. The van der Waals surface area contributed by atoms with Gasteiger partial charge in [-0.3, -0.25) is 19.3 Å². The van der Waals surface area contributed by atoms with Gasteiger partial charge in [-0.1, -0.05) is 19.3 Å². The van der Waals surface area contributed by atoms with Crippen LogP contribution < -0.4 is 16.0 Å². The van der Waals surface area contributed by atoms with Crippen molar-refractivity contribution in [2.75, 3.05) is 17.2 Å². The van der Waals surface area contributed by atoms with Crippen LogP contribution in [0.2, 0.25) is 0 Å². The summed E-state index contributed by atoms with van der Waals surface area (Å²) in [5.41, 5.74) is -2.77. The Morgan fingerprint density at radius 3 is 2.49 bits per heavy atom. The van der Waals surface area contributed by atoms with Gasteiger partial charge in [-0.2, -0.15) is 13.2 Å². The highest BCUT2D eigenvalue weighted by atomic mass is 19.4. The summed E-state index contributed by atoms with van der Waals surface area (Å²) in [5.74, 6) is -2.01. The van der Waals surface area contributed by atoms with Crippen LogP contribution in [0.4, 0.5) is 29.3 Å². The van der Waals surface area contributed by atoms with Crippen molar-refractivity contribution < 1.29 is 36.8 Å². The summed E-state index contributed by atoms with van der Waals surface area (Å²) < 4.78 is 45.8. The number of anilines is 2. The lowest BCUT2D eigenvalue weighted by Crippen LogP contribution is -2.48. The number of hydrogen-bond acceptors (Lipinski definition) is 5. The van der Waals surface area contributed by atoms with E-state index >= 15 is 0 Å². The van der Waals surface area contributed by atoms with Gasteiger partial charge in [-0.15, -0.1) is 0 Å². The minimum atomic E-state index is -4.83. The third-order valence-corrected chi connectivity index (χ3v) is 6.12. The highest BCUT2D eigenvalue weighted by Gasteiger charge is 2.51. The predicted molar refractivity (Wildman–Crippen MR) is 117 cm³/mol. The van der Waals surface area contributed by atoms with Gasteiger partial charge in [0.25, 0.3) is 11.8 Å². The molecule has 2 fully saturated rings. The van der Waals surface area contributed by atoms with Crippen molar-refractivity contribution in [2.45, 2.75) is 50.2 Å². The van der Waals surface area contributed by atoms with Crippen LogP contribution in [0.3, 0.4) is 0 Å². The SMILES string of the molecule is O=C(CCN1C(=O)NC2(CCCCC2)C1=O)Nc1ccc(NC(=O)c2ccco2)cc1C(F)(F)F. The molecule has 1 aliphatic heterocycles. The molecular formula is C23H23F3N4O5. The van der Waals surface area contributed by atoms with Gasteiger partial charge in [0, 0.05) is 18.7 Å². The third kappa shape index (κ3) is 5.15. The van der Waals surface area contributed by atoms with Crippen molar-refractivity contribution >= 4 is 35.1 Å². The maximum absolute atomic E-state index is 13.6. The molecule has 0 unspecified atom stereocenters. The lowest BCUT2D eigenvalue weighted by Gasteiger charge is -2.30. The minimum absolute atomic E-state index is 0.0774. The second-order valence-electron chi connectivity index (χ2n) is 8.52. The topological polar surface area (TPSA) is 121 Å². The quantitative estimate of drug-likeness (QED) is 0.524. The lowest BCUT2D eigenvalue weighted by molar-refractivity contribution is -0.137. The van der Waals surface area contributed by atoms with Crippen LogP contribution in [0.5, 0.6) is 0 Å². The maximum Gasteiger partial charge on any atom is 0.418 e. The molecule has 4 rings (SSSR count). The molecule has 3 N–H and O–H groups in total. The standard InChI is InChI=1S/C23H23F3N4O5/c24-23(25,26)15-13-14(27-19(32)17-5-4-12-35-17)6-7-16(15)28-18(31)8-11-30-20(33)22(29-21(30)34)9-2-1-3-10-22/h4-7,12-13H,1-3,8-11H2,(H,27,32)(H,28,31)(H,29,34). The molecule has 9 nitrogen and oxygen atoms in total. The fourth-order valence-corrected chi connectivity index (χ4v) is 4.37. The molecule has 1 aromatic carbocycles. The van der Waals surface area contributed by atoms with E-state index in [0.717, 1.165) is 30.2 Å². The largest absolute Gasteiger partial charge is 0.459 e. The summed E-state index contributed by atoms with van der Waals surface area (Å²) in [4.78, 5) is 50.5. The number of furan rings is 1. The van der Waals surface area contributed by atoms with E-state index in [0.29, 0.717) is 18.9 Å². The molecule has 1 aliphatic carbocycles. The summed E-state index contributed by atoms with van der Waals surface area (Å²) in [5, 5.41) is 7.21. The smallest absolute Gasteiger partial charge is 0.418 e. The first-order valence-corrected chi connectivity index (χ1v) is 11.1. The second-order valence-corrected chi connectivity index (χ2v) is 8.52. The molecule has 2 aromatic rings. The fourth-order valence-electron chi connectivity index (χ4n) is 4.37. The molecule has 1 saturated heterocycles. The van der Waals surface area contributed by atoms with Gasteiger partial charge in [-0.25, -0.2) is 4.79 Å². The summed E-state index contributed by atoms with van der Waals surface area (Å²) >= 11 is 0. The van der Waals surface area contributed by atoms with E-state index in [4.69, 9.17) is 4.42 Å². The number of urea groups is 1. The fraction of sp³-hybridized carbons (Fsp3) is 0.391. The van der Waals surface area contributed by atoms with E-state index in [1.54, 1.807) is 0 Å². The van der Waals surface area contributed by atoms with Gasteiger partial charge in [0.15, 0.2) is 5.76 Å². The van der Waals surface area contributed by atoms with Crippen LogP contribution in [-0.4, -0.2) is 40.7 Å². The number of nitrogens with zero attached hydrogens (tertiary/aromatic N) is 1. The number of alkyl halides is 3. The van der Waals surface area contributed by atoms with E-state index in [-0.39, 0.29) is 24.4 Å². The summed E-state index contributed by atoms with van der Waals surface area (Å²) in [6.45, 7) is -0.253. The highest BCUT2D eigenvalue weighted by Crippen LogP contribution is 2.37. The Morgan fingerprint density at radius 2 is 1.83 bits per heavy atom. The Kier molecular flexibility index (Phi) is 6.55. The average Bonchev–Trinajstić information content (AvgIpc) is 3.41. The van der Waals surface area contributed by atoms with E-state index < -0.39 is 46.7 Å². The first kappa shape index (κ1) is 24.3. The molecule has 12 heteroatoms. The zero-order chi connectivity index (χ0) is 25.2. The number of rotatable bonds is 6. The molecule has 1 spiro atoms. The van der Waals surface area contributed by atoms with Crippen molar-refractivity contribution in [2.24, 2.45) is 0 Å². The van der Waals surface area contributed by atoms with Crippen LogP contribution >= 0.6 is 0 Å². The van der Waals surface area contributed by atoms with Crippen molar-refractivity contribution in [1.82, 2.24) is 10.2 Å². The van der Waals surface area contributed by atoms with Crippen molar-refractivity contribution in [3.8, 4) is 0 Å². The average molecular weight is 492 g/mol. The Bertz CT molecular complexity index is 1140. The molecule has 35 heavy (non-hydrogen) atoms. The zero-order valence-corrected chi connectivity index (χ0v) is 18.5. The number of imide groups is 1. The molecule has 0 atom stereocenters. The molecule has 1 aromatic heterocycles. The molecular weight excluding hydrogens is 469 g/mol. The third-order valence-electron chi connectivity index (χ3n) is 6.12. The summed E-state index contributed by atoms with van der Waals surface area (Å²) in [6.07, 6.45) is -0.314. The Hall–Kier alpha value is -3.83. The van der Waals surface area contributed by atoms with E-state index in [2.05, 4.69) is 16.0 Å². The van der Waals surface area contributed by atoms with Gasteiger partial charge in [-0.05, 0) is 43.2 Å². The van der Waals surface area contributed by atoms with Crippen LogP contribution in [0.15, 0.2) is 41.0 Å². The van der Waals surface area contributed by atoms with Gasteiger partial charge >= 0.3 is 12.2 Å². The van der Waals surface area contributed by atoms with Crippen LogP contribution in [0.25, 0.3) is 0 Å². The minimum Gasteiger partial charge on any atom is -0.459 e. The number of carbonyl (C=O) groups is 4. The first-order valence-electron chi connectivity index (χ1n) is 11.1. The van der Waals surface area contributed by atoms with E-state index in [9.17, 15) is 32.3 Å². The number of hydrogen-bond donors (Lipinski definition) is 3. The summed E-state index contributed by atoms with van der Waals surface area (Å²) in [6, 6.07) is 5.14. The van der Waals surface area contributed by atoms with Crippen molar-refractivity contribution in [1.29, 1.82) is 0 Å². The summed E-state index contributed by atoms with van der Waals surface area (Å²) in [7, 11) is 0. The van der Waals surface area contributed by atoms with Gasteiger partial charge in [0.05, 0.1) is 17.5 Å². The molecule has 5 amide bonds. The number of amides is 5. The van der Waals surface area contributed by atoms with Crippen molar-refractivity contribution in [3.05, 3.63) is 47.9 Å². The molecule has 186 valence electrons. The number of carbonyl (C=O) groups excluding carboxylic acids is 4. The Balaban J connectivity index is 1.41. The first-order chi connectivity index (χ1) is 16.6. The molecule has 1 saturated carbocycles. The van der Waals surface area contributed by atoms with Gasteiger partial charge in [0.1, 0.15) is 5.54 Å². The highest BCUT2D eigenvalue weighted by molar-refractivity contribution is 6.07. The Morgan fingerprint density at radius 1 is 1.09 bits per heavy atom. The van der Waals surface area contributed by atoms with Crippen LogP contribution in [0.1, 0.15) is 54.6 Å². The lowest BCUT2D eigenvalue weighted by atomic mass is 9.82. The van der Waals surface area contributed by atoms with Crippen LogP contribution in [0, 0.1) is 0 Å². The van der Waals surface area contributed by atoms with Gasteiger partial charge < -0.3 is 20.4 Å². The monoisotopic (exact) mass is 492 g/mol. The predicted octanol–water partition coefficient (Wildman–Crippen LogP) is 4.13.